The largest absolute Gasteiger partial charge is 0.478 e. The SMILES string of the molecule is COC1CCN(C(=O)c2cccc(C(=O)O)c2C(C)C)CC1. The molecule has 1 aliphatic rings. The zero-order valence-electron chi connectivity index (χ0n) is 13.3. The Morgan fingerprint density at radius 3 is 2.32 bits per heavy atom. The third-order valence-electron chi connectivity index (χ3n) is 4.21. The van der Waals surface area contributed by atoms with E-state index in [-0.39, 0.29) is 23.5 Å². The highest BCUT2D eigenvalue weighted by molar-refractivity contribution is 6.00. The molecule has 2 rings (SSSR count). The van der Waals surface area contributed by atoms with Gasteiger partial charge >= 0.3 is 5.97 Å². The molecule has 1 aromatic carbocycles. The first-order valence-electron chi connectivity index (χ1n) is 7.64. The molecule has 0 aromatic heterocycles. The highest BCUT2D eigenvalue weighted by atomic mass is 16.5. The molecule has 0 atom stereocenters. The van der Waals surface area contributed by atoms with Gasteiger partial charge in [0.2, 0.25) is 0 Å². The lowest BCUT2D eigenvalue weighted by Gasteiger charge is -2.32. The quantitative estimate of drug-likeness (QED) is 0.929. The number of benzene rings is 1. The van der Waals surface area contributed by atoms with Crippen LogP contribution in [-0.4, -0.2) is 48.2 Å². The van der Waals surface area contributed by atoms with Crippen LogP contribution in [0.1, 0.15) is 58.9 Å². The fourth-order valence-electron chi connectivity index (χ4n) is 3.03. The van der Waals surface area contributed by atoms with Gasteiger partial charge in [0, 0.05) is 25.8 Å². The van der Waals surface area contributed by atoms with E-state index in [1.807, 2.05) is 13.8 Å². The Bertz CT molecular complexity index is 560. The van der Waals surface area contributed by atoms with E-state index < -0.39 is 5.97 Å². The molecule has 1 N–H and O–H groups in total. The maximum atomic E-state index is 12.8. The van der Waals surface area contributed by atoms with Gasteiger partial charge in [-0.05, 0) is 36.5 Å². The van der Waals surface area contributed by atoms with Gasteiger partial charge in [-0.1, -0.05) is 19.9 Å². The van der Waals surface area contributed by atoms with Crippen LogP contribution in [0.5, 0.6) is 0 Å². The molecule has 1 fully saturated rings. The standard InChI is InChI=1S/C17H23NO4/c1-11(2)15-13(5-4-6-14(15)17(20)21)16(19)18-9-7-12(22-3)8-10-18/h4-6,11-12H,7-10H2,1-3H3,(H,20,21). The number of nitrogens with zero attached hydrogens (tertiary/aromatic N) is 1. The third-order valence-corrected chi connectivity index (χ3v) is 4.21. The van der Waals surface area contributed by atoms with Crippen LogP contribution in [0.4, 0.5) is 0 Å². The minimum atomic E-state index is -0.989. The van der Waals surface area contributed by atoms with E-state index in [9.17, 15) is 14.7 Å². The fraction of sp³-hybridized carbons (Fsp3) is 0.529. The van der Waals surface area contributed by atoms with Crippen molar-refractivity contribution in [3.05, 3.63) is 34.9 Å². The normalized spacial score (nSPS) is 16.1. The zero-order valence-corrected chi connectivity index (χ0v) is 13.3. The summed E-state index contributed by atoms with van der Waals surface area (Å²) in [4.78, 5) is 26.0. The van der Waals surface area contributed by atoms with Crippen LogP contribution in [0.15, 0.2) is 18.2 Å². The number of rotatable bonds is 4. The second kappa shape index (κ2) is 6.92. The summed E-state index contributed by atoms with van der Waals surface area (Å²) in [5, 5.41) is 9.36. The first-order valence-corrected chi connectivity index (χ1v) is 7.64. The zero-order chi connectivity index (χ0) is 16.3. The molecular formula is C17H23NO4. The van der Waals surface area contributed by atoms with Crippen molar-refractivity contribution in [2.45, 2.75) is 38.7 Å². The number of aromatic carboxylic acids is 1. The molecule has 1 amide bonds. The molecule has 0 bridgehead atoms. The molecule has 0 unspecified atom stereocenters. The number of ether oxygens (including phenoxy) is 1. The van der Waals surface area contributed by atoms with E-state index in [1.54, 1.807) is 30.2 Å². The number of hydrogen-bond donors (Lipinski definition) is 1. The maximum absolute atomic E-state index is 12.8. The van der Waals surface area contributed by atoms with E-state index in [1.165, 1.54) is 0 Å². The van der Waals surface area contributed by atoms with Crippen molar-refractivity contribution in [3.8, 4) is 0 Å². The van der Waals surface area contributed by atoms with Crippen LogP contribution in [0.25, 0.3) is 0 Å². The van der Waals surface area contributed by atoms with Crippen molar-refractivity contribution in [2.24, 2.45) is 0 Å². The summed E-state index contributed by atoms with van der Waals surface area (Å²) in [7, 11) is 1.69. The van der Waals surface area contributed by atoms with Gasteiger partial charge in [0.25, 0.3) is 5.91 Å². The first-order chi connectivity index (χ1) is 10.5. The molecule has 0 spiro atoms. The number of carbonyl (C=O) groups is 2. The predicted molar refractivity (Wildman–Crippen MR) is 83.4 cm³/mol. The molecule has 5 nitrogen and oxygen atoms in total. The molecular weight excluding hydrogens is 282 g/mol. The van der Waals surface area contributed by atoms with Crippen molar-refractivity contribution >= 4 is 11.9 Å². The van der Waals surface area contributed by atoms with Gasteiger partial charge in [0.05, 0.1) is 11.7 Å². The summed E-state index contributed by atoms with van der Waals surface area (Å²) in [6.45, 7) is 5.11. The molecule has 1 aromatic rings. The Balaban J connectivity index is 2.30. The maximum Gasteiger partial charge on any atom is 0.335 e. The van der Waals surface area contributed by atoms with Gasteiger partial charge in [-0.2, -0.15) is 0 Å². The van der Waals surface area contributed by atoms with E-state index >= 15 is 0 Å². The van der Waals surface area contributed by atoms with Crippen molar-refractivity contribution in [2.75, 3.05) is 20.2 Å². The van der Waals surface area contributed by atoms with Crippen molar-refractivity contribution < 1.29 is 19.4 Å². The molecule has 0 aliphatic carbocycles. The van der Waals surface area contributed by atoms with Gasteiger partial charge in [-0.25, -0.2) is 4.79 Å². The van der Waals surface area contributed by atoms with Crippen LogP contribution in [0.3, 0.4) is 0 Å². The van der Waals surface area contributed by atoms with Crippen molar-refractivity contribution in [1.29, 1.82) is 0 Å². The lowest BCUT2D eigenvalue weighted by molar-refractivity contribution is 0.0350. The van der Waals surface area contributed by atoms with E-state index in [2.05, 4.69) is 0 Å². The minimum absolute atomic E-state index is 0.0252. The third kappa shape index (κ3) is 3.30. The van der Waals surface area contributed by atoms with Gasteiger partial charge in [-0.3, -0.25) is 4.79 Å². The number of likely N-dealkylation sites (tertiary alicyclic amines) is 1. The average Bonchev–Trinajstić information content (AvgIpc) is 2.53. The molecule has 120 valence electrons. The highest BCUT2D eigenvalue weighted by Crippen LogP contribution is 2.26. The van der Waals surface area contributed by atoms with Gasteiger partial charge in [0.15, 0.2) is 0 Å². The molecule has 5 heteroatoms. The second-order valence-corrected chi connectivity index (χ2v) is 5.95. The van der Waals surface area contributed by atoms with E-state index in [4.69, 9.17) is 4.74 Å². The van der Waals surface area contributed by atoms with E-state index in [0.29, 0.717) is 24.2 Å². The minimum Gasteiger partial charge on any atom is -0.478 e. The monoisotopic (exact) mass is 305 g/mol. The molecule has 1 heterocycles. The average molecular weight is 305 g/mol. The topological polar surface area (TPSA) is 66.8 Å². The molecule has 22 heavy (non-hydrogen) atoms. The number of carboxylic acids is 1. The van der Waals surface area contributed by atoms with Crippen molar-refractivity contribution in [1.82, 2.24) is 4.90 Å². The van der Waals surface area contributed by atoms with Crippen LogP contribution in [-0.2, 0) is 4.74 Å². The van der Waals surface area contributed by atoms with Crippen LogP contribution in [0, 0.1) is 0 Å². The number of hydrogen-bond acceptors (Lipinski definition) is 3. The fourth-order valence-corrected chi connectivity index (χ4v) is 3.03. The Labute approximate surface area is 130 Å². The number of piperidine rings is 1. The smallest absolute Gasteiger partial charge is 0.335 e. The number of amides is 1. The number of carbonyl (C=O) groups excluding carboxylic acids is 1. The Morgan fingerprint density at radius 1 is 1.23 bits per heavy atom. The summed E-state index contributed by atoms with van der Waals surface area (Å²) in [6, 6.07) is 4.93. The predicted octanol–water partition coefficient (Wildman–Crippen LogP) is 2.76. The molecule has 0 radical (unpaired) electrons. The molecule has 1 aliphatic heterocycles. The van der Waals surface area contributed by atoms with Gasteiger partial charge in [0.1, 0.15) is 0 Å². The van der Waals surface area contributed by atoms with Crippen molar-refractivity contribution in [3.63, 3.8) is 0 Å². The van der Waals surface area contributed by atoms with Crippen LogP contribution in [0.2, 0.25) is 0 Å². The summed E-state index contributed by atoms with van der Waals surface area (Å²) < 4.78 is 5.32. The Hall–Kier alpha value is -1.88. The lowest BCUT2D eigenvalue weighted by Crippen LogP contribution is -2.41. The Kier molecular flexibility index (Phi) is 5.19. The summed E-state index contributed by atoms with van der Waals surface area (Å²) in [5.41, 5.74) is 1.34. The lowest BCUT2D eigenvalue weighted by atomic mass is 9.91. The number of methoxy groups -OCH3 is 1. The Morgan fingerprint density at radius 2 is 1.82 bits per heavy atom. The first kappa shape index (κ1) is 16.5. The van der Waals surface area contributed by atoms with Crippen LogP contribution < -0.4 is 0 Å². The van der Waals surface area contributed by atoms with Gasteiger partial charge in [-0.15, -0.1) is 0 Å². The number of carboxylic acid groups (broad SMARTS) is 1. The summed E-state index contributed by atoms with van der Waals surface area (Å²) in [6.07, 6.45) is 1.84. The van der Waals surface area contributed by atoms with Crippen LogP contribution >= 0.6 is 0 Å². The second-order valence-electron chi connectivity index (χ2n) is 5.95. The molecule has 0 saturated carbocycles. The van der Waals surface area contributed by atoms with Gasteiger partial charge < -0.3 is 14.7 Å². The summed E-state index contributed by atoms with van der Waals surface area (Å²) in [5.74, 6) is -1.10. The highest BCUT2D eigenvalue weighted by Gasteiger charge is 2.27. The van der Waals surface area contributed by atoms with E-state index in [0.717, 1.165) is 12.8 Å². The molecule has 1 saturated heterocycles. The summed E-state index contributed by atoms with van der Waals surface area (Å²) >= 11 is 0.